The summed E-state index contributed by atoms with van der Waals surface area (Å²) < 4.78 is 0. The number of hydrogen-bond acceptors (Lipinski definition) is 4. The molecule has 8 heteroatoms. The molecule has 8 heavy (non-hydrogen) atoms. The summed E-state index contributed by atoms with van der Waals surface area (Å²) >= 11 is 0. The zero-order chi connectivity index (χ0) is 4.50. The largest absolute Gasteiger partial charge is 2.00 e. The van der Waals surface area contributed by atoms with Gasteiger partial charge in [0.1, 0.15) is 0 Å². The summed E-state index contributed by atoms with van der Waals surface area (Å²) in [5, 5.41) is 0. The molecule has 0 N–H and O–H groups in total. The molecule has 0 spiro atoms. The molecule has 0 aliphatic heterocycles. The van der Waals surface area contributed by atoms with Crippen LogP contribution in [0.5, 0.6) is 0 Å². The molecule has 0 saturated heterocycles. The van der Waals surface area contributed by atoms with E-state index in [4.69, 9.17) is 19.2 Å². The van der Waals surface area contributed by atoms with Gasteiger partial charge >= 0.3 is 113 Å². The summed E-state index contributed by atoms with van der Waals surface area (Å²) in [7, 11) is -5.61. The molecule has 0 fully saturated rings. The van der Waals surface area contributed by atoms with E-state index in [1.807, 2.05) is 0 Å². The second-order valence-corrected chi connectivity index (χ2v) is 1.50. The molecule has 0 unspecified atom stereocenters. The predicted molar refractivity (Wildman–Crippen MR) is 17.3 cm³/mol. The van der Waals surface area contributed by atoms with Gasteiger partial charge in [-0.05, 0) is 0 Å². The third-order valence-electron chi connectivity index (χ3n) is 0. The van der Waals surface area contributed by atoms with Crippen molar-refractivity contribution >= 4 is 103 Å². The van der Waals surface area contributed by atoms with Crippen LogP contribution in [0, 0.1) is 0 Å². The van der Waals surface area contributed by atoms with Crippen LogP contribution < -0.4 is 38.0 Å². The molecule has 4 nitrogen and oxygen atoms in total. The van der Waals surface area contributed by atoms with Crippen molar-refractivity contribution in [3.05, 3.63) is 0 Å². The fourth-order valence-electron chi connectivity index (χ4n) is 0. The molecule has 0 aliphatic carbocycles. The van der Waals surface area contributed by atoms with Crippen LogP contribution in [0.1, 0.15) is 0 Å². The molecular weight excluding hydrogens is 324 g/mol. The van der Waals surface area contributed by atoms with Crippen LogP contribution in [-0.4, -0.2) is 103 Å². The molecule has 0 atom stereocenters. The SMILES string of the molecule is [Ba+2].[Li+].[O-][Si]([O-])([O-])[O-].[Sr+2]. The van der Waals surface area contributed by atoms with Crippen LogP contribution in [0.4, 0.5) is 0 Å². The zero-order valence-corrected chi connectivity index (χ0v) is 13.5. The van der Waals surface area contributed by atoms with Crippen molar-refractivity contribution in [1.82, 2.24) is 0 Å². The molecule has 0 bridgehead atoms. The third-order valence-corrected chi connectivity index (χ3v) is 0. The Morgan fingerprint density at radius 3 is 0.875 bits per heavy atom. The Labute approximate surface area is 138 Å². The molecule has 0 saturated carbocycles. The van der Waals surface area contributed by atoms with E-state index in [2.05, 4.69) is 0 Å². The fraction of sp³-hybridized carbons (Fsp3) is 0. The third kappa shape index (κ3) is 53.6. The van der Waals surface area contributed by atoms with Crippen LogP contribution in [0.2, 0.25) is 0 Å². The molecule has 0 rings (SSSR count). The summed E-state index contributed by atoms with van der Waals surface area (Å²) in [5.74, 6) is 0. The average Bonchev–Trinajstić information content (AvgIpc) is 0.722. The van der Waals surface area contributed by atoms with Crippen LogP contribution in [0.15, 0.2) is 0 Å². The van der Waals surface area contributed by atoms with Gasteiger partial charge in [0.05, 0.1) is 0 Å². The standard InChI is InChI=1S/Ba.Li.O4Si.Sr/c;;1-5(2,3)4;/q+2;+1;-4;+2. The van der Waals surface area contributed by atoms with Crippen molar-refractivity contribution in [2.45, 2.75) is 0 Å². The molecule has 0 amide bonds. The van der Waals surface area contributed by atoms with Gasteiger partial charge in [0.2, 0.25) is 0 Å². The van der Waals surface area contributed by atoms with E-state index in [9.17, 15) is 0 Å². The Hall–Kier alpha value is 3.71. The Balaban J connectivity index is -0.0000000267. The number of rotatable bonds is 0. The van der Waals surface area contributed by atoms with E-state index >= 15 is 0 Å². The monoisotopic (exact) mass is 325 g/mol. The van der Waals surface area contributed by atoms with E-state index in [1.165, 1.54) is 0 Å². The molecule has 0 aromatic carbocycles. The first-order chi connectivity index (χ1) is 2.00. The smallest absolute Gasteiger partial charge is 0.894 e. The van der Waals surface area contributed by atoms with Gasteiger partial charge in [-0.25, -0.2) is 0 Å². The van der Waals surface area contributed by atoms with Crippen LogP contribution in [0.3, 0.4) is 0 Å². The van der Waals surface area contributed by atoms with Gasteiger partial charge in [-0.3, -0.25) is 0 Å². The van der Waals surface area contributed by atoms with Gasteiger partial charge in [0.15, 0.2) is 0 Å². The molecular formula is BaLiO4SiSr+. The van der Waals surface area contributed by atoms with E-state index < -0.39 is 9.05 Å². The number of hydrogen-bond donors (Lipinski definition) is 0. The minimum Gasteiger partial charge on any atom is -0.894 e. The van der Waals surface area contributed by atoms with Crippen LogP contribution in [0.25, 0.3) is 0 Å². The normalized spacial score (nSPS) is 7.50. The van der Waals surface area contributed by atoms with E-state index in [0.29, 0.717) is 0 Å². The minimum absolute atomic E-state index is 0. The molecule has 32 valence electrons. The Kier molecular flexibility index (Phi) is 30.2. The minimum atomic E-state index is -5.61. The second-order valence-electron chi connectivity index (χ2n) is 0.500. The first-order valence-corrected chi connectivity index (χ1v) is 2.45. The predicted octanol–water partition coefficient (Wildman–Crippen LogP) is -8.89. The van der Waals surface area contributed by atoms with Gasteiger partial charge in [-0.1, -0.05) is 0 Å². The van der Waals surface area contributed by atoms with Gasteiger partial charge in [0.25, 0.3) is 0 Å². The van der Waals surface area contributed by atoms with Crippen molar-refractivity contribution in [2.75, 3.05) is 0 Å². The summed E-state index contributed by atoms with van der Waals surface area (Å²) in [4.78, 5) is 34.3. The quantitative estimate of drug-likeness (QED) is 0.414. The zero-order valence-electron chi connectivity index (χ0n) is 4.55. The molecule has 0 aromatic heterocycles. The van der Waals surface area contributed by atoms with Gasteiger partial charge in [-0.2, -0.15) is 0 Å². The maximum atomic E-state index is 8.58. The topological polar surface area (TPSA) is 92.2 Å². The maximum Gasteiger partial charge on any atom is 2.00 e. The van der Waals surface area contributed by atoms with Gasteiger partial charge < -0.3 is 28.2 Å². The fourth-order valence-corrected chi connectivity index (χ4v) is 0. The first kappa shape index (κ1) is 22.6. The van der Waals surface area contributed by atoms with Crippen LogP contribution in [-0.2, 0) is 0 Å². The van der Waals surface area contributed by atoms with Crippen molar-refractivity contribution < 1.29 is 38.0 Å². The second kappa shape index (κ2) is 10.7. The van der Waals surface area contributed by atoms with Crippen molar-refractivity contribution in [2.24, 2.45) is 0 Å². The van der Waals surface area contributed by atoms with E-state index in [-0.39, 0.29) is 113 Å². The Bertz CT molecular complexity index is 31.5. The molecule has 0 heterocycles. The van der Waals surface area contributed by atoms with Gasteiger partial charge in [0, 0.05) is 0 Å². The van der Waals surface area contributed by atoms with Crippen LogP contribution >= 0.6 is 0 Å². The molecule has 0 radical (unpaired) electrons. The molecule has 0 aromatic rings. The summed E-state index contributed by atoms with van der Waals surface area (Å²) in [6.45, 7) is 0. The van der Waals surface area contributed by atoms with Crippen molar-refractivity contribution in [3.8, 4) is 0 Å². The van der Waals surface area contributed by atoms with Crippen molar-refractivity contribution in [3.63, 3.8) is 0 Å². The Morgan fingerprint density at radius 1 is 0.875 bits per heavy atom. The van der Waals surface area contributed by atoms with Crippen molar-refractivity contribution in [1.29, 1.82) is 0 Å². The van der Waals surface area contributed by atoms with E-state index in [1.54, 1.807) is 0 Å². The summed E-state index contributed by atoms with van der Waals surface area (Å²) in [6, 6.07) is 0. The van der Waals surface area contributed by atoms with E-state index in [0.717, 1.165) is 0 Å². The van der Waals surface area contributed by atoms with Gasteiger partial charge in [-0.15, -0.1) is 0 Å². The average molecular weight is 324 g/mol. The molecule has 0 aliphatic rings. The first-order valence-electron chi connectivity index (χ1n) is 0.816. The Morgan fingerprint density at radius 2 is 0.875 bits per heavy atom. The maximum absolute atomic E-state index is 8.58. The summed E-state index contributed by atoms with van der Waals surface area (Å²) in [6.07, 6.45) is 0. The summed E-state index contributed by atoms with van der Waals surface area (Å²) in [5.41, 5.74) is 0.